The van der Waals surface area contributed by atoms with E-state index in [1.807, 2.05) is 60.1 Å². The summed E-state index contributed by atoms with van der Waals surface area (Å²) in [5, 5.41) is 18.4. The molecule has 9 heteroatoms. The van der Waals surface area contributed by atoms with Gasteiger partial charge in [0.2, 0.25) is 0 Å². The Morgan fingerprint density at radius 2 is 1.56 bits per heavy atom. The molecule has 180 valence electrons. The number of benzene rings is 3. The first-order chi connectivity index (χ1) is 17.4. The fraction of sp³-hybridized carbons (Fsp3) is 0.148. The normalized spacial score (nSPS) is 14.2. The molecule has 0 unspecified atom stereocenters. The van der Waals surface area contributed by atoms with E-state index in [0.29, 0.717) is 15.1 Å². The van der Waals surface area contributed by atoms with Gasteiger partial charge >= 0.3 is 0 Å². The molecule has 6 rings (SSSR count). The molecule has 5 aromatic rings. The predicted molar refractivity (Wildman–Crippen MR) is 149 cm³/mol. The van der Waals surface area contributed by atoms with Gasteiger partial charge in [-0.25, -0.2) is 4.68 Å². The summed E-state index contributed by atoms with van der Waals surface area (Å²) in [6.07, 6.45) is 2.04. The van der Waals surface area contributed by atoms with Crippen LogP contribution in [0.2, 0.25) is 20.1 Å². The molecule has 0 amide bonds. The molecule has 1 saturated carbocycles. The maximum Gasteiger partial charge on any atom is 0.168 e. The van der Waals surface area contributed by atoms with E-state index in [-0.39, 0.29) is 5.41 Å². The van der Waals surface area contributed by atoms with E-state index in [2.05, 4.69) is 16.3 Å². The fourth-order valence-corrected chi connectivity index (χ4v) is 6.48. The number of rotatable bonds is 5. The van der Waals surface area contributed by atoms with Crippen molar-refractivity contribution in [3.8, 4) is 27.6 Å². The molecule has 0 atom stereocenters. The third-order valence-electron chi connectivity index (χ3n) is 6.54. The highest BCUT2D eigenvalue weighted by Gasteiger charge is 2.49. The Morgan fingerprint density at radius 1 is 0.833 bits per heavy atom. The van der Waals surface area contributed by atoms with Gasteiger partial charge in [0.15, 0.2) is 5.01 Å². The van der Waals surface area contributed by atoms with Crippen molar-refractivity contribution in [3.05, 3.63) is 103 Å². The molecule has 1 aliphatic carbocycles. The van der Waals surface area contributed by atoms with Gasteiger partial charge in [0.25, 0.3) is 0 Å². The van der Waals surface area contributed by atoms with E-state index in [1.165, 1.54) is 5.56 Å². The minimum absolute atomic E-state index is 0.129. The van der Waals surface area contributed by atoms with Gasteiger partial charge in [-0.1, -0.05) is 82.0 Å². The van der Waals surface area contributed by atoms with Crippen molar-refractivity contribution in [2.24, 2.45) is 0 Å². The van der Waals surface area contributed by atoms with Crippen LogP contribution in [0.1, 0.15) is 29.0 Å². The van der Waals surface area contributed by atoms with Crippen molar-refractivity contribution in [2.45, 2.75) is 25.2 Å². The quantitative estimate of drug-likeness (QED) is 0.211. The first-order valence-electron chi connectivity index (χ1n) is 11.3. The van der Waals surface area contributed by atoms with Crippen molar-refractivity contribution in [1.82, 2.24) is 20.0 Å². The summed E-state index contributed by atoms with van der Waals surface area (Å²) in [5.41, 5.74) is 5.37. The van der Waals surface area contributed by atoms with E-state index < -0.39 is 0 Å². The first kappa shape index (κ1) is 24.0. The zero-order valence-corrected chi connectivity index (χ0v) is 22.8. The van der Waals surface area contributed by atoms with Crippen molar-refractivity contribution >= 4 is 57.7 Å². The summed E-state index contributed by atoms with van der Waals surface area (Å²) in [5.74, 6) is 0. The minimum atomic E-state index is -0.129. The Kier molecular flexibility index (Phi) is 6.09. The fourth-order valence-electron chi connectivity index (χ4n) is 4.52. The van der Waals surface area contributed by atoms with Crippen molar-refractivity contribution < 1.29 is 0 Å². The molecule has 0 bridgehead atoms. The van der Waals surface area contributed by atoms with Crippen LogP contribution in [0.4, 0.5) is 0 Å². The Balaban J connectivity index is 1.49. The summed E-state index contributed by atoms with van der Waals surface area (Å²) in [6.45, 7) is 2.04. The van der Waals surface area contributed by atoms with Crippen LogP contribution in [0.5, 0.6) is 0 Å². The van der Waals surface area contributed by atoms with Crippen LogP contribution in [0.15, 0.2) is 66.7 Å². The van der Waals surface area contributed by atoms with E-state index >= 15 is 0 Å². The molecule has 1 aliphatic rings. The smallest absolute Gasteiger partial charge is 0.168 e. The van der Waals surface area contributed by atoms with Gasteiger partial charge in [-0.3, -0.25) is 0 Å². The first-order valence-corrected chi connectivity index (χ1v) is 13.6. The number of nitrogens with zero attached hydrogens (tertiary/aromatic N) is 4. The van der Waals surface area contributed by atoms with E-state index in [9.17, 15) is 0 Å². The summed E-state index contributed by atoms with van der Waals surface area (Å²) in [7, 11) is 0. The number of halogens is 4. The van der Waals surface area contributed by atoms with Gasteiger partial charge in [0.05, 0.1) is 16.4 Å². The Bertz CT molecular complexity index is 1600. The Morgan fingerprint density at radius 3 is 2.25 bits per heavy atom. The molecule has 3 aromatic carbocycles. The summed E-state index contributed by atoms with van der Waals surface area (Å²) in [4.78, 5) is 0. The zero-order valence-electron chi connectivity index (χ0n) is 19.0. The Hall–Kier alpha value is -2.41. The molecule has 2 aromatic heterocycles. The van der Waals surface area contributed by atoms with Gasteiger partial charge in [-0.2, -0.15) is 5.10 Å². The van der Waals surface area contributed by atoms with Crippen LogP contribution in [0, 0.1) is 6.92 Å². The average Bonchev–Trinajstić information content (AvgIpc) is 3.40. The number of hydrogen-bond acceptors (Lipinski definition) is 4. The predicted octanol–water partition coefficient (Wildman–Crippen LogP) is 9.06. The second kappa shape index (κ2) is 9.16. The van der Waals surface area contributed by atoms with E-state index in [0.717, 1.165) is 56.1 Å². The standard InChI is InChI=1S/C27H18Cl4N4S/c1-15-23(25-32-33-26(36-25)27(11-12-27)17-3-2-4-19(29)13-17)34-35(22-10-9-20(30)14-21(22)31)24(15)16-5-7-18(28)8-6-16/h2-10,13-14H,11-12H2,1H3. The molecular weight excluding hydrogens is 554 g/mol. The monoisotopic (exact) mass is 570 g/mol. The molecule has 2 heterocycles. The second-order valence-electron chi connectivity index (χ2n) is 8.84. The molecule has 0 aliphatic heterocycles. The highest BCUT2D eigenvalue weighted by atomic mass is 35.5. The van der Waals surface area contributed by atoms with Crippen LogP contribution >= 0.6 is 57.7 Å². The van der Waals surface area contributed by atoms with Gasteiger partial charge in [-0.15, -0.1) is 10.2 Å². The third-order valence-corrected chi connectivity index (χ3v) is 8.70. The molecule has 0 N–H and O–H groups in total. The maximum atomic E-state index is 6.61. The van der Waals surface area contributed by atoms with Gasteiger partial charge < -0.3 is 0 Å². The SMILES string of the molecule is Cc1c(-c2nnc(C3(c4cccc(Cl)c4)CC3)s2)nn(-c2ccc(Cl)cc2Cl)c1-c1ccc(Cl)cc1. The lowest BCUT2D eigenvalue weighted by atomic mass is 9.97. The second-order valence-corrected chi connectivity index (χ2v) is 11.5. The summed E-state index contributed by atoms with van der Waals surface area (Å²) >= 11 is 26.8. The van der Waals surface area contributed by atoms with Crippen LogP contribution in [-0.4, -0.2) is 20.0 Å². The van der Waals surface area contributed by atoms with E-state index in [4.69, 9.17) is 51.5 Å². The largest absolute Gasteiger partial charge is 0.231 e. The topological polar surface area (TPSA) is 43.6 Å². The lowest BCUT2D eigenvalue weighted by molar-refractivity contribution is 0.807. The third kappa shape index (κ3) is 4.13. The molecule has 36 heavy (non-hydrogen) atoms. The van der Waals surface area contributed by atoms with Crippen LogP contribution in [-0.2, 0) is 5.41 Å². The highest BCUT2D eigenvalue weighted by molar-refractivity contribution is 7.14. The molecule has 0 saturated heterocycles. The average molecular weight is 572 g/mol. The van der Waals surface area contributed by atoms with Crippen molar-refractivity contribution in [2.75, 3.05) is 0 Å². The molecular formula is C27H18Cl4N4S. The van der Waals surface area contributed by atoms with Gasteiger partial charge in [-0.05, 0) is 67.8 Å². The molecule has 0 radical (unpaired) electrons. The Labute approximate surface area is 232 Å². The maximum absolute atomic E-state index is 6.61. The van der Waals surface area contributed by atoms with E-state index in [1.54, 1.807) is 23.5 Å². The lowest BCUT2D eigenvalue weighted by Gasteiger charge is -2.11. The van der Waals surface area contributed by atoms with Crippen LogP contribution < -0.4 is 0 Å². The highest BCUT2D eigenvalue weighted by Crippen LogP contribution is 2.55. The summed E-state index contributed by atoms with van der Waals surface area (Å²) < 4.78 is 1.84. The van der Waals surface area contributed by atoms with Crippen molar-refractivity contribution in [1.29, 1.82) is 0 Å². The number of aromatic nitrogens is 4. The number of hydrogen-bond donors (Lipinski definition) is 0. The van der Waals surface area contributed by atoms with Crippen molar-refractivity contribution in [3.63, 3.8) is 0 Å². The zero-order chi connectivity index (χ0) is 25.0. The van der Waals surface area contributed by atoms with Gasteiger partial charge in [0.1, 0.15) is 10.7 Å². The minimum Gasteiger partial charge on any atom is -0.231 e. The lowest BCUT2D eigenvalue weighted by Crippen LogP contribution is -2.07. The van der Waals surface area contributed by atoms with Crippen LogP contribution in [0.25, 0.3) is 27.6 Å². The van der Waals surface area contributed by atoms with Gasteiger partial charge in [0, 0.05) is 31.6 Å². The summed E-state index contributed by atoms with van der Waals surface area (Å²) in [6, 6.07) is 21.1. The molecule has 0 spiro atoms. The molecule has 1 fully saturated rings. The van der Waals surface area contributed by atoms with Crippen LogP contribution in [0.3, 0.4) is 0 Å². The molecule has 4 nitrogen and oxygen atoms in total.